The van der Waals surface area contributed by atoms with Crippen LogP contribution >= 0.6 is 38.6 Å². The Morgan fingerprint density at radius 1 is 1.43 bits per heavy atom. The highest BCUT2D eigenvalue weighted by Crippen LogP contribution is 2.29. The number of aromatic nitrogens is 1. The summed E-state index contributed by atoms with van der Waals surface area (Å²) in [6, 6.07) is 4.43. The van der Waals surface area contributed by atoms with Crippen LogP contribution in [0.15, 0.2) is 15.9 Å². The highest BCUT2D eigenvalue weighted by Gasteiger charge is 2.21. The second-order valence-corrected chi connectivity index (χ2v) is 8.44. The zero-order valence-electron chi connectivity index (χ0n) is 11.2. The summed E-state index contributed by atoms with van der Waals surface area (Å²) in [7, 11) is 0. The average molecular weight is 387 g/mol. The molecule has 2 heterocycles. The van der Waals surface area contributed by atoms with Crippen molar-refractivity contribution in [2.75, 3.05) is 11.1 Å². The molecule has 5 nitrogen and oxygen atoms in total. The van der Waals surface area contributed by atoms with Crippen LogP contribution in [0.5, 0.6) is 0 Å². The third-order valence-corrected chi connectivity index (χ3v) is 5.97. The van der Waals surface area contributed by atoms with E-state index in [4.69, 9.17) is 5.73 Å². The molecule has 2 aromatic rings. The van der Waals surface area contributed by atoms with Gasteiger partial charge in [-0.25, -0.2) is 4.98 Å². The lowest BCUT2D eigenvalue weighted by molar-refractivity contribution is 0.0956. The topological polar surface area (TPSA) is 80.0 Å². The number of thiazole rings is 1. The molecule has 8 heteroatoms. The predicted octanol–water partition coefficient (Wildman–Crippen LogP) is 3.44. The number of thiophene rings is 1. The van der Waals surface area contributed by atoms with Gasteiger partial charge in [-0.3, -0.25) is 4.79 Å². The Hall–Kier alpha value is -1.12. The highest BCUT2D eigenvalue weighted by atomic mass is 79.9. The summed E-state index contributed by atoms with van der Waals surface area (Å²) in [5.41, 5.74) is 5.84. The average Bonchev–Trinajstić information content (AvgIpc) is 2.97. The predicted molar refractivity (Wildman–Crippen MR) is 91.0 cm³/mol. The first-order valence-electron chi connectivity index (χ1n) is 6.67. The van der Waals surface area contributed by atoms with Crippen molar-refractivity contribution in [1.29, 1.82) is 0 Å². The lowest BCUT2D eigenvalue weighted by Gasteiger charge is -2.25. The molecule has 1 saturated carbocycles. The first-order valence-corrected chi connectivity index (χ1v) is 9.09. The maximum Gasteiger partial charge on any atom is 0.265 e. The van der Waals surface area contributed by atoms with Crippen LogP contribution in [0.2, 0.25) is 0 Å². The van der Waals surface area contributed by atoms with E-state index in [1.54, 1.807) is 11.3 Å². The number of halogens is 1. The number of hydrogen-bond donors (Lipinski definition) is 3. The van der Waals surface area contributed by atoms with E-state index in [1.165, 1.54) is 17.8 Å². The fraction of sp³-hybridized carbons (Fsp3) is 0.385. The fourth-order valence-corrected chi connectivity index (χ4v) is 4.28. The third kappa shape index (κ3) is 3.56. The molecule has 0 spiro atoms. The number of rotatable bonds is 5. The molecule has 0 atom stereocenters. The smallest absolute Gasteiger partial charge is 0.265 e. The van der Waals surface area contributed by atoms with Crippen LogP contribution < -0.4 is 16.4 Å². The molecule has 0 radical (unpaired) electrons. The summed E-state index contributed by atoms with van der Waals surface area (Å²) in [5, 5.41) is 6.93. The van der Waals surface area contributed by atoms with E-state index in [0.29, 0.717) is 23.3 Å². The zero-order chi connectivity index (χ0) is 14.8. The first kappa shape index (κ1) is 14.8. The molecule has 1 amide bonds. The molecular weight excluding hydrogens is 372 g/mol. The standard InChI is InChI=1S/C13H15BrN4OS2/c14-9-5-4-8(20-9)6-16-12(19)10-11(15)18-13(21-10)17-7-2-1-3-7/h4-5,7H,1-3,6,15H2,(H,16,19)(H,17,18). The maximum atomic E-state index is 12.2. The number of nitrogens with one attached hydrogen (secondary N) is 2. The van der Waals surface area contributed by atoms with E-state index < -0.39 is 0 Å². The Morgan fingerprint density at radius 2 is 2.24 bits per heavy atom. The number of amides is 1. The Labute approximate surface area is 139 Å². The van der Waals surface area contributed by atoms with Crippen LogP contribution in [0.25, 0.3) is 0 Å². The van der Waals surface area contributed by atoms with Crippen LogP contribution in [0.1, 0.15) is 33.8 Å². The molecule has 0 aliphatic heterocycles. The quantitative estimate of drug-likeness (QED) is 0.734. The van der Waals surface area contributed by atoms with E-state index >= 15 is 0 Å². The van der Waals surface area contributed by atoms with Gasteiger partial charge in [0.2, 0.25) is 0 Å². The van der Waals surface area contributed by atoms with Crippen LogP contribution in [0.3, 0.4) is 0 Å². The van der Waals surface area contributed by atoms with Gasteiger partial charge in [-0.05, 0) is 47.3 Å². The van der Waals surface area contributed by atoms with Gasteiger partial charge in [0.05, 0.1) is 10.3 Å². The van der Waals surface area contributed by atoms with Gasteiger partial charge >= 0.3 is 0 Å². The fourth-order valence-electron chi connectivity index (χ4n) is 1.98. The number of carbonyl (C=O) groups excluding carboxylic acids is 1. The molecule has 0 unspecified atom stereocenters. The summed E-state index contributed by atoms with van der Waals surface area (Å²) in [6.07, 6.45) is 3.57. The molecule has 21 heavy (non-hydrogen) atoms. The number of nitrogens with zero attached hydrogens (tertiary/aromatic N) is 1. The Bertz CT molecular complexity index is 650. The van der Waals surface area contributed by atoms with Crippen LogP contribution in [-0.2, 0) is 6.54 Å². The van der Waals surface area contributed by atoms with Gasteiger partial charge in [0.1, 0.15) is 10.7 Å². The number of nitrogen functional groups attached to an aromatic ring is 1. The van der Waals surface area contributed by atoms with Gasteiger partial charge in [-0.15, -0.1) is 11.3 Å². The van der Waals surface area contributed by atoms with Crippen molar-refractivity contribution in [2.45, 2.75) is 31.8 Å². The summed E-state index contributed by atoms with van der Waals surface area (Å²) < 4.78 is 1.05. The number of nitrogens with two attached hydrogens (primary N) is 1. The molecule has 3 rings (SSSR count). The van der Waals surface area contributed by atoms with Crippen molar-refractivity contribution in [3.05, 3.63) is 25.7 Å². The van der Waals surface area contributed by atoms with Crippen molar-refractivity contribution >= 4 is 55.5 Å². The van der Waals surface area contributed by atoms with Crippen molar-refractivity contribution < 1.29 is 4.79 Å². The van der Waals surface area contributed by atoms with E-state index in [1.807, 2.05) is 12.1 Å². The minimum absolute atomic E-state index is 0.170. The zero-order valence-corrected chi connectivity index (χ0v) is 14.4. The van der Waals surface area contributed by atoms with Gasteiger partial charge in [0.15, 0.2) is 5.13 Å². The second-order valence-electron chi connectivity index (χ2n) is 4.89. The molecule has 1 fully saturated rings. The molecule has 4 N–H and O–H groups in total. The van der Waals surface area contributed by atoms with Crippen molar-refractivity contribution in [3.8, 4) is 0 Å². The largest absolute Gasteiger partial charge is 0.382 e. The summed E-state index contributed by atoms with van der Waals surface area (Å²) in [4.78, 5) is 18.0. The van der Waals surface area contributed by atoms with Gasteiger partial charge in [0.25, 0.3) is 5.91 Å². The van der Waals surface area contributed by atoms with Crippen LogP contribution in [0, 0.1) is 0 Å². The molecule has 0 aromatic carbocycles. The van der Waals surface area contributed by atoms with Crippen molar-refractivity contribution in [3.63, 3.8) is 0 Å². The summed E-state index contributed by atoms with van der Waals surface area (Å²) in [5.74, 6) is 0.128. The van der Waals surface area contributed by atoms with Gasteiger partial charge in [0, 0.05) is 10.9 Å². The molecule has 1 aliphatic rings. The summed E-state index contributed by atoms with van der Waals surface area (Å²) >= 11 is 6.32. The molecule has 0 bridgehead atoms. The van der Waals surface area contributed by atoms with Gasteiger partial charge < -0.3 is 16.4 Å². The van der Waals surface area contributed by atoms with E-state index in [2.05, 4.69) is 31.5 Å². The lowest BCUT2D eigenvalue weighted by atomic mass is 9.93. The Kier molecular flexibility index (Phi) is 4.46. The second kappa shape index (κ2) is 6.33. The van der Waals surface area contributed by atoms with E-state index in [0.717, 1.165) is 26.6 Å². The number of carbonyl (C=O) groups is 1. The minimum Gasteiger partial charge on any atom is -0.382 e. The molecule has 1 aliphatic carbocycles. The number of hydrogen-bond acceptors (Lipinski definition) is 6. The normalized spacial score (nSPS) is 14.7. The molecular formula is C13H15BrN4OS2. The van der Waals surface area contributed by atoms with Crippen molar-refractivity contribution in [2.24, 2.45) is 0 Å². The maximum absolute atomic E-state index is 12.2. The van der Waals surface area contributed by atoms with Crippen LogP contribution in [0.4, 0.5) is 10.9 Å². The number of anilines is 2. The van der Waals surface area contributed by atoms with Gasteiger partial charge in [-0.2, -0.15) is 0 Å². The Balaban J connectivity index is 1.60. The van der Waals surface area contributed by atoms with E-state index in [9.17, 15) is 4.79 Å². The van der Waals surface area contributed by atoms with Crippen molar-refractivity contribution in [1.82, 2.24) is 10.3 Å². The summed E-state index contributed by atoms with van der Waals surface area (Å²) in [6.45, 7) is 0.498. The minimum atomic E-state index is -0.170. The van der Waals surface area contributed by atoms with E-state index in [-0.39, 0.29) is 5.91 Å². The lowest BCUT2D eigenvalue weighted by Crippen LogP contribution is -2.26. The molecule has 2 aromatic heterocycles. The van der Waals surface area contributed by atoms with Crippen LogP contribution in [-0.4, -0.2) is 16.9 Å². The van der Waals surface area contributed by atoms with Gasteiger partial charge in [-0.1, -0.05) is 11.3 Å². The molecule has 112 valence electrons. The SMILES string of the molecule is Nc1nc(NC2CCC2)sc1C(=O)NCc1ccc(Br)s1. The first-order chi connectivity index (χ1) is 10.1. The Morgan fingerprint density at radius 3 is 2.86 bits per heavy atom. The molecule has 0 saturated heterocycles. The highest BCUT2D eigenvalue weighted by molar-refractivity contribution is 9.11. The third-order valence-electron chi connectivity index (χ3n) is 3.34. The monoisotopic (exact) mass is 386 g/mol.